The molecule has 0 aromatic heterocycles. The Balaban J connectivity index is 1.53. The average molecular weight is 623 g/mol. The van der Waals surface area contributed by atoms with Gasteiger partial charge in [-0.2, -0.15) is 0 Å². The van der Waals surface area contributed by atoms with Crippen LogP contribution in [0.3, 0.4) is 0 Å². The maximum Gasteiger partial charge on any atom is 0.315 e. The molecular weight excluding hydrogens is 569 g/mol. The van der Waals surface area contributed by atoms with Crippen LogP contribution in [0.25, 0.3) is 0 Å². The van der Waals surface area contributed by atoms with Crippen molar-refractivity contribution in [1.82, 2.24) is 0 Å². The Bertz CT molecular complexity index is 907. The van der Waals surface area contributed by atoms with E-state index in [9.17, 15) is 19.2 Å². The second-order valence-corrected chi connectivity index (χ2v) is 16.5. The number of esters is 2. The largest absolute Gasteiger partial charge is 0.465 e. The minimum Gasteiger partial charge on any atom is -0.465 e. The summed E-state index contributed by atoms with van der Waals surface area (Å²) in [6.07, 6.45) is 12.6. The number of thioether (sulfide) groups is 2. The average Bonchev–Trinajstić information content (AvgIpc) is 2.87. The van der Waals surface area contributed by atoms with Gasteiger partial charge in [0.15, 0.2) is 0 Å². The van der Waals surface area contributed by atoms with Crippen LogP contribution >= 0.6 is 23.5 Å². The van der Waals surface area contributed by atoms with Crippen LogP contribution in [0.15, 0.2) is 24.3 Å². The predicted molar refractivity (Wildman–Crippen MR) is 175 cm³/mol. The summed E-state index contributed by atoms with van der Waals surface area (Å²) in [5.74, 6) is 0.922. The maximum atomic E-state index is 13.0. The first-order chi connectivity index (χ1) is 19.6. The number of hydrogen-bond acceptors (Lipinski definition) is 8. The van der Waals surface area contributed by atoms with Crippen molar-refractivity contribution in [3.05, 3.63) is 24.3 Å². The van der Waals surface area contributed by atoms with Gasteiger partial charge in [-0.25, -0.2) is 0 Å². The summed E-state index contributed by atoms with van der Waals surface area (Å²) in [5, 5.41) is 0.105. The fourth-order valence-corrected chi connectivity index (χ4v) is 8.12. The summed E-state index contributed by atoms with van der Waals surface area (Å²) < 4.78 is 10.6. The minimum atomic E-state index is -0.285. The monoisotopic (exact) mass is 622 g/mol. The molecule has 0 amide bonds. The number of hydrogen-bond donors (Lipinski definition) is 0. The SMILES string of the molecule is CC1C=CCC(C)(C)C1C(=O)C[C@@H](C)SCC(=O)OCCCCOC(=O)CS[C@@H](C)CC(=O)C1C(C)C=CCC1(C)C. The number of allylic oxidation sites excluding steroid dienone is 4. The lowest BCUT2D eigenvalue weighted by Crippen LogP contribution is -2.38. The van der Waals surface area contributed by atoms with E-state index in [1.807, 2.05) is 13.8 Å². The van der Waals surface area contributed by atoms with Gasteiger partial charge in [0.05, 0.1) is 24.7 Å². The van der Waals surface area contributed by atoms with Crippen molar-refractivity contribution in [2.45, 2.75) is 104 Å². The summed E-state index contributed by atoms with van der Waals surface area (Å²) in [6, 6.07) is 0. The second-order valence-electron chi connectivity index (χ2n) is 13.6. The molecule has 0 fully saturated rings. The molecule has 8 heteroatoms. The number of carbonyl (C=O) groups excluding carboxylic acids is 4. The minimum absolute atomic E-state index is 0.0125. The molecule has 0 saturated carbocycles. The fraction of sp³-hybridized carbons (Fsp3) is 0.765. The number of unbranched alkanes of at least 4 members (excludes halogenated alkanes) is 1. The van der Waals surface area contributed by atoms with E-state index in [1.165, 1.54) is 23.5 Å². The molecule has 0 heterocycles. The smallest absolute Gasteiger partial charge is 0.315 e. The standard InChI is InChI=1S/C34H54O6S2/c1-23-13-11-15-33(5,6)31(23)27(35)19-25(3)41-21-29(37)39-17-9-10-18-40-30(38)22-42-26(4)20-28(36)32-24(2)14-12-16-34(32,7)8/h11-14,23-26,31-32H,9-10,15-22H2,1-8H3/t23?,24?,25-,26+,31?,32?. The van der Waals surface area contributed by atoms with Crippen molar-refractivity contribution >= 4 is 47.0 Å². The van der Waals surface area contributed by atoms with Crippen molar-refractivity contribution in [3.63, 3.8) is 0 Å². The molecule has 4 unspecified atom stereocenters. The van der Waals surface area contributed by atoms with Crippen LogP contribution in [0.5, 0.6) is 0 Å². The van der Waals surface area contributed by atoms with Gasteiger partial charge in [-0.3, -0.25) is 19.2 Å². The predicted octanol–water partition coefficient (Wildman–Crippen LogP) is 7.49. The highest BCUT2D eigenvalue weighted by Crippen LogP contribution is 2.43. The summed E-state index contributed by atoms with van der Waals surface area (Å²) in [7, 11) is 0. The molecule has 2 aliphatic rings. The highest BCUT2D eigenvalue weighted by molar-refractivity contribution is 8.00. The summed E-state index contributed by atoms with van der Waals surface area (Å²) in [6.45, 7) is 17.4. The van der Waals surface area contributed by atoms with Crippen molar-refractivity contribution in [3.8, 4) is 0 Å². The van der Waals surface area contributed by atoms with Crippen LogP contribution in [-0.2, 0) is 28.7 Å². The molecule has 0 aromatic carbocycles. The third kappa shape index (κ3) is 11.9. The molecule has 0 aromatic rings. The zero-order chi connectivity index (χ0) is 31.5. The first kappa shape index (κ1) is 36.7. The fourth-order valence-electron chi connectivity index (χ4n) is 6.55. The lowest BCUT2D eigenvalue weighted by Gasteiger charge is -2.39. The van der Waals surface area contributed by atoms with Crippen LogP contribution in [0.4, 0.5) is 0 Å². The van der Waals surface area contributed by atoms with E-state index in [-0.39, 0.29) is 93.2 Å². The van der Waals surface area contributed by atoms with E-state index < -0.39 is 0 Å². The van der Waals surface area contributed by atoms with Gasteiger partial charge in [0, 0.05) is 35.2 Å². The van der Waals surface area contributed by atoms with E-state index in [0.29, 0.717) is 25.7 Å². The quantitative estimate of drug-likeness (QED) is 0.0937. The third-order valence-electron chi connectivity index (χ3n) is 8.61. The van der Waals surface area contributed by atoms with Crippen LogP contribution in [0, 0.1) is 34.5 Å². The number of ether oxygens (including phenoxy) is 2. The molecule has 2 rings (SSSR count). The zero-order valence-corrected chi connectivity index (χ0v) is 28.7. The van der Waals surface area contributed by atoms with E-state index in [2.05, 4.69) is 65.8 Å². The first-order valence-electron chi connectivity index (χ1n) is 15.6. The maximum absolute atomic E-state index is 13.0. The van der Waals surface area contributed by atoms with Gasteiger partial charge in [0.25, 0.3) is 0 Å². The molecule has 0 aliphatic heterocycles. The number of rotatable bonds is 17. The van der Waals surface area contributed by atoms with E-state index in [0.717, 1.165) is 12.8 Å². The Morgan fingerprint density at radius 1 is 0.714 bits per heavy atom. The molecule has 0 spiro atoms. The molecule has 0 N–H and O–H groups in total. The molecule has 0 bridgehead atoms. The lowest BCUT2D eigenvalue weighted by molar-refractivity contribution is -0.143. The zero-order valence-electron chi connectivity index (χ0n) is 27.1. The van der Waals surface area contributed by atoms with Crippen molar-refractivity contribution in [1.29, 1.82) is 0 Å². The number of ketones is 2. The van der Waals surface area contributed by atoms with Crippen LogP contribution in [0.1, 0.15) is 93.9 Å². The van der Waals surface area contributed by atoms with E-state index >= 15 is 0 Å². The summed E-state index contributed by atoms with van der Waals surface area (Å²) >= 11 is 2.92. The summed E-state index contributed by atoms with van der Waals surface area (Å²) in [5.41, 5.74) is -0.0764. The molecule has 0 saturated heterocycles. The Kier molecular flexibility index (Phi) is 14.9. The first-order valence-corrected chi connectivity index (χ1v) is 17.7. The number of carbonyl (C=O) groups is 4. The lowest BCUT2D eigenvalue weighted by atomic mass is 9.65. The van der Waals surface area contributed by atoms with Crippen LogP contribution < -0.4 is 0 Å². The Labute approximate surface area is 263 Å². The van der Waals surface area contributed by atoms with Crippen LogP contribution in [-0.4, -0.2) is 58.7 Å². The van der Waals surface area contributed by atoms with Crippen LogP contribution in [0.2, 0.25) is 0 Å². The molecule has 6 nitrogen and oxygen atoms in total. The number of Topliss-reactive ketones (excluding diaryl/α,β-unsaturated/α-hetero) is 2. The van der Waals surface area contributed by atoms with Gasteiger partial charge in [-0.15, -0.1) is 23.5 Å². The highest BCUT2D eigenvalue weighted by Gasteiger charge is 2.40. The van der Waals surface area contributed by atoms with E-state index in [4.69, 9.17) is 9.47 Å². The molecule has 42 heavy (non-hydrogen) atoms. The highest BCUT2D eigenvalue weighted by atomic mass is 32.2. The topological polar surface area (TPSA) is 86.7 Å². The molecule has 238 valence electrons. The van der Waals surface area contributed by atoms with Gasteiger partial charge < -0.3 is 9.47 Å². The van der Waals surface area contributed by atoms with Crippen molar-refractivity contribution in [2.24, 2.45) is 34.5 Å². The summed E-state index contributed by atoms with van der Waals surface area (Å²) in [4.78, 5) is 50.3. The van der Waals surface area contributed by atoms with Gasteiger partial charge in [0.1, 0.15) is 11.6 Å². The Morgan fingerprint density at radius 3 is 1.40 bits per heavy atom. The Hall–Kier alpha value is -1.54. The molecule has 0 radical (unpaired) electrons. The molecule has 6 atom stereocenters. The van der Waals surface area contributed by atoms with Gasteiger partial charge in [-0.05, 0) is 48.3 Å². The normalized spacial score (nSPS) is 25.8. The third-order valence-corrected chi connectivity index (χ3v) is 10.9. The van der Waals surface area contributed by atoms with Gasteiger partial charge in [-0.1, -0.05) is 79.7 Å². The van der Waals surface area contributed by atoms with Crippen molar-refractivity contribution < 1.29 is 28.7 Å². The molecule has 2 aliphatic carbocycles. The van der Waals surface area contributed by atoms with E-state index in [1.54, 1.807) is 0 Å². The second kappa shape index (κ2) is 17.1. The molecular formula is C34H54O6S2. The van der Waals surface area contributed by atoms with Gasteiger partial charge >= 0.3 is 11.9 Å². The Morgan fingerprint density at radius 2 is 1.07 bits per heavy atom. The van der Waals surface area contributed by atoms with Crippen molar-refractivity contribution in [2.75, 3.05) is 24.7 Å². The van der Waals surface area contributed by atoms with Gasteiger partial charge in [0.2, 0.25) is 0 Å².